The summed E-state index contributed by atoms with van der Waals surface area (Å²) in [6.07, 6.45) is 2.80. The summed E-state index contributed by atoms with van der Waals surface area (Å²) >= 11 is 0. The van der Waals surface area contributed by atoms with Crippen molar-refractivity contribution in [2.24, 2.45) is 0 Å². The van der Waals surface area contributed by atoms with Crippen LogP contribution in [0.25, 0.3) is 5.69 Å². The molecule has 88 valence electrons. The molecular weight excluding hydrogens is 214 g/mol. The molecule has 1 heterocycles. The lowest BCUT2D eigenvalue weighted by Gasteiger charge is -2.15. The Balaban J connectivity index is 2.48. The number of para-hydroxylation sites is 2. The van der Waals surface area contributed by atoms with Crippen LogP contribution < -0.4 is 4.74 Å². The molecule has 3 heteroatoms. The van der Waals surface area contributed by atoms with Crippen molar-refractivity contribution in [3.63, 3.8) is 0 Å². The number of carbonyl (C=O) groups excluding carboxylic acids is 1. The van der Waals surface area contributed by atoms with E-state index in [-0.39, 0.29) is 6.10 Å². The molecule has 2 rings (SSSR count). The monoisotopic (exact) mass is 229 g/mol. The van der Waals surface area contributed by atoms with Crippen molar-refractivity contribution in [2.75, 3.05) is 0 Å². The van der Waals surface area contributed by atoms with Crippen LogP contribution in [0.3, 0.4) is 0 Å². The maximum Gasteiger partial charge on any atom is 0.166 e. The summed E-state index contributed by atoms with van der Waals surface area (Å²) < 4.78 is 7.56. The first-order chi connectivity index (χ1) is 8.22. The molecule has 0 atom stereocenters. The highest BCUT2D eigenvalue weighted by Crippen LogP contribution is 2.24. The Kier molecular flexibility index (Phi) is 3.28. The van der Waals surface area contributed by atoms with Crippen molar-refractivity contribution in [2.45, 2.75) is 20.0 Å². The normalized spacial score (nSPS) is 10.5. The minimum absolute atomic E-state index is 0.103. The molecule has 17 heavy (non-hydrogen) atoms. The van der Waals surface area contributed by atoms with E-state index in [1.807, 2.05) is 54.9 Å². The Morgan fingerprint density at radius 1 is 1.18 bits per heavy atom. The predicted octanol–water partition coefficient (Wildman–Crippen LogP) is 3.08. The Hall–Kier alpha value is -2.03. The zero-order valence-corrected chi connectivity index (χ0v) is 9.96. The molecule has 0 bridgehead atoms. The molecule has 0 aliphatic heterocycles. The van der Waals surface area contributed by atoms with Crippen molar-refractivity contribution >= 4 is 6.29 Å². The number of hydrogen-bond donors (Lipinski definition) is 0. The molecule has 3 nitrogen and oxygen atoms in total. The molecule has 0 amide bonds. The third-order valence-corrected chi connectivity index (χ3v) is 2.39. The number of benzene rings is 1. The molecular formula is C14H15NO2. The fraction of sp³-hybridized carbons (Fsp3) is 0.214. The van der Waals surface area contributed by atoms with Gasteiger partial charge in [0.1, 0.15) is 5.75 Å². The minimum Gasteiger partial charge on any atom is -0.489 e. The third-order valence-electron chi connectivity index (χ3n) is 2.39. The highest BCUT2D eigenvalue weighted by molar-refractivity contribution is 5.74. The number of carbonyl (C=O) groups is 1. The molecule has 0 radical (unpaired) electrons. The van der Waals surface area contributed by atoms with E-state index in [2.05, 4.69) is 0 Å². The van der Waals surface area contributed by atoms with Crippen molar-refractivity contribution < 1.29 is 9.53 Å². The quantitative estimate of drug-likeness (QED) is 0.754. The predicted molar refractivity (Wildman–Crippen MR) is 66.9 cm³/mol. The summed E-state index contributed by atoms with van der Waals surface area (Å²) in [6, 6.07) is 11.3. The van der Waals surface area contributed by atoms with E-state index >= 15 is 0 Å². The topological polar surface area (TPSA) is 31.2 Å². The maximum atomic E-state index is 10.9. The zero-order valence-electron chi connectivity index (χ0n) is 9.96. The first-order valence-corrected chi connectivity index (χ1v) is 5.61. The van der Waals surface area contributed by atoms with Crippen LogP contribution in [0.5, 0.6) is 5.75 Å². The van der Waals surface area contributed by atoms with Gasteiger partial charge >= 0.3 is 0 Å². The van der Waals surface area contributed by atoms with E-state index in [4.69, 9.17) is 4.74 Å². The fourth-order valence-electron chi connectivity index (χ4n) is 1.72. The molecule has 0 N–H and O–H groups in total. The standard InChI is InChI=1S/C14H15NO2/c1-11(2)17-14-8-4-3-7-13(14)15-9-5-6-12(15)10-16/h3-11H,1-2H3. The first kappa shape index (κ1) is 11.5. The molecule has 0 aliphatic rings. The molecule has 0 aliphatic carbocycles. The second-order valence-electron chi connectivity index (χ2n) is 4.06. The van der Waals surface area contributed by atoms with Crippen LogP contribution in [-0.4, -0.2) is 17.0 Å². The Labute approximate surface area is 101 Å². The molecule has 0 spiro atoms. The summed E-state index contributed by atoms with van der Waals surface area (Å²) in [6.45, 7) is 3.96. The first-order valence-electron chi connectivity index (χ1n) is 5.61. The Bertz CT molecular complexity index is 514. The molecule has 0 saturated carbocycles. The van der Waals surface area contributed by atoms with Crippen LogP contribution >= 0.6 is 0 Å². The van der Waals surface area contributed by atoms with Gasteiger partial charge in [-0.3, -0.25) is 4.79 Å². The van der Waals surface area contributed by atoms with Crippen LogP contribution in [0.4, 0.5) is 0 Å². The van der Waals surface area contributed by atoms with Crippen molar-refractivity contribution in [1.29, 1.82) is 0 Å². The number of ether oxygens (including phenoxy) is 1. The van der Waals surface area contributed by atoms with Crippen molar-refractivity contribution in [3.8, 4) is 11.4 Å². The van der Waals surface area contributed by atoms with Gasteiger partial charge in [-0.15, -0.1) is 0 Å². The summed E-state index contributed by atoms with van der Waals surface area (Å²) in [5.41, 5.74) is 1.50. The van der Waals surface area contributed by atoms with E-state index in [1.54, 1.807) is 6.07 Å². The average molecular weight is 229 g/mol. The molecule has 2 aromatic rings. The number of aromatic nitrogens is 1. The third kappa shape index (κ3) is 2.38. The van der Waals surface area contributed by atoms with E-state index in [1.165, 1.54) is 0 Å². The molecule has 0 fully saturated rings. The molecule has 1 aromatic heterocycles. The van der Waals surface area contributed by atoms with Crippen LogP contribution in [0.2, 0.25) is 0 Å². The van der Waals surface area contributed by atoms with Gasteiger partial charge in [-0.25, -0.2) is 0 Å². The maximum absolute atomic E-state index is 10.9. The molecule has 1 aromatic carbocycles. The van der Waals surface area contributed by atoms with Gasteiger partial charge < -0.3 is 9.30 Å². The Morgan fingerprint density at radius 3 is 2.65 bits per heavy atom. The summed E-state index contributed by atoms with van der Waals surface area (Å²) in [5.74, 6) is 0.779. The van der Waals surface area contributed by atoms with Gasteiger partial charge in [0.25, 0.3) is 0 Å². The Morgan fingerprint density at radius 2 is 1.94 bits per heavy atom. The zero-order chi connectivity index (χ0) is 12.3. The summed E-state index contributed by atoms with van der Waals surface area (Å²) in [5, 5.41) is 0. The summed E-state index contributed by atoms with van der Waals surface area (Å²) in [7, 11) is 0. The second kappa shape index (κ2) is 4.87. The van der Waals surface area contributed by atoms with Gasteiger partial charge in [-0.2, -0.15) is 0 Å². The van der Waals surface area contributed by atoms with Crippen LogP contribution in [0, 0.1) is 0 Å². The van der Waals surface area contributed by atoms with E-state index in [0.717, 1.165) is 17.7 Å². The largest absolute Gasteiger partial charge is 0.489 e. The highest BCUT2D eigenvalue weighted by atomic mass is 16.5. The van der Waals surface area contributed by atoms with Gasteiger partial charge in [-0.05, 0) is 38.1 Å². The van der Waals surface area contributed by atoms with Gasteiger partial charge in [-0.1, -0.05) is 12.1 Å². The van der Waals surface area contributed by atoms with Crippen molar-refractivity contribution in [3.05, 3.63) is 48.3 Å². The fourth-order valence-corrected chi connectivity index (χ4v) is 1.72. The molecule has 0 unspecified atom stereocenters. The van der Waals surface area contributed by atoms with Gasteiger partial charge in [0.15, 0.2) is 6.29 Å². The van der Waals surface area contributed by atoms with Crippen LogP contribution in [0.15, 0.2) is 42.6 Å². The molecule has 0 saturated heterocycles. The lowest BCUT2D eigenvalue weighted by atomic mass is 10.2. The van der Waals surface area contributed by atoms with Crippen LogP contribution in [0.1, 0.15) is 24.3 Å². The average Bonchev–Trinajstić information content (AvgIpc) is 2.77. The summed E-state index contributed by atoms with van der Waals surface area (Å²) in [4.78, 5) is 10.9. The number of aldehydes is 1. The lowest BCUT2D eigenvalue weighted by molar-refractivity contribution is 0.111. The van der Waals surface area contributed by atoms with E-state index < -0.39 is 0 Å². The number of rotatable bonds is 4. The van der Waals surface area contributed by atoms with Crippen molar-refractivity contribution in [1.82, 2.24) is 4.57 Å². The van der Waals surface area contributed by atoms with Gasteiger partial charge in [0.2, 0.25) is 0 Å². The van der Waals surface area contributed by atoms with Crippen LogP contribution in [-0.2, 0) is 0 Å². The lowest BCUT2D eigenvalue weighted by Crippen LogP contribution is -2.09. The second-order valence-corrected chi connectivity index (χ2v) is 4.06. The number of hydrogen-bond acceptors (Lipinski definition) is 2. The number of nitrogens with zero attached hydrogens (tertiary/aromatic N) is 1. The SMILES string of the molecule is CC(C)Oc1ccccc1-n1cccc1C=O. The van der Waals surface area contributed by atoms with E-state index in [9.17, 15) is 4.79 Å². The minimum atomic E-state index is 0.103. The van der Waals surface area contributed by atoms with E-state index in [0.29, 0.717) is 5.69 Å². The van der Waals surface area contributed by atoms with Gasteiger partial charge in [0.05, 0.1) is 17.5 Å². The smallest absolute Gasteiger partial charge is 0.166 e. The van der Waals surface area contributed by atoms with Gasteiger partial charge in [0, 0.05) is 6.20 Å². The highest BCUT2D eigenvalue weighted by Gasteiger charge is 2.09.